The van der Waals surface area contributed by atoms with Crippen LogP contribution < -0.4 is 4.74 Å². The van der Waals surface area contributed by atoms with Gasteiger partial charge in [0, 0.05) is 10.0 Å². The highest BCUT2D eigenvalue weighted by molar-refractivity contribution is 9.10. The van der Waals surface area contributed by atoms with E-state index in [1.165, 1.54) is 0 Å². The Morgan fingerprint density at radius 1 is 1.20 bits per heavy atom. The number of carbonyl (C=O) groups excluding carboxylic acids is 1. The van der Waals surface area contributed by atoms with Crippen molar-refractivity contribution in [2.75, 3.05) is 0 Å². The second kappa shape index (κ2) is 8.17. The van der Waals surface area contributed by atoms with E-state index in [0.29, 0.717) is 17.9 Å². The number of rotatable bonds is 5. The fourth-order valence-electron chi connectivity index (χ4n) is 2.22. The van der Waals surface area contributed by atoms with E-state index in [1.807, 2.05) is 57.2 Å². The molecular formula is C20H20BrNO3. The van der Waals surface area contributed by atoms with Crippen LogP contribution in [0.3, 0.4) is 0 Å². The number of benzene rings is 2. The molecule has 0 fully saturated rings. The Morgan fingerprint density at radius 3 is 2.56 bits per heavy atom. The van der Waals surface area contributed by atoms with Crippen molar-refractivity contribution in [3.05, 3.63) is 63.6 Å². The van der Waals surface area contributed by atoms with Crippen molar-refractivity contribution in [3.63, 3.8) is 0 Å². The third kappa shape index (κ3) is 5.91. The molecule has 0 atom stereocenters. The lowest BCUT2D eigenvalue weighted by Gasteiger charge is -2.20. The highest BCUT2D eigenvalue weighted by Crippen LogP contribution is 2.23. The van der Waals surface area contributed by atoms with E-state index in [0.717, 1.165) is 15.6 Å². The predicted molar refractivity (Wildman–Crippen MR) is 99.2 cm³/mol. The van der Waals surface area contributed by atoms with Crippen LogP contribution in [0.5, 0.6) is 5.75 Å². The zero-order valence-corrected chi connectivity index (χ0v) is 16.1. The van der Waals surface area contributed by atoms with Crippen molar-refractivity contribution in [2.45, 2.75) is 39.4 Å². The summed E-state index contributed by atoms with van der Waals surface area (Å²) >= 11 is 3.37. The van der Waals surface area contributed by atoms with E-state index < -0.39 is 5.60 Å². The molecule has 0 aliphatic heterocycles. The molecule has 5 heteroatoms. The molecule has 0 unspecified atom stereocenters. The number of hydrogen-bond acceptors (Lipinski definition) is 4. The monoisotopic (exact) mass is 401 g/mol. The first kappa shape index (κ1) is 19.0. The topological polar surface area (TPSA) is 59.3 Å². The summed E-state index contributed by atoms with van der Waals surface area (Å²) in [6.45, 7) is 5.87. The average Bonchev–Trinajstić information content (AvgIpc) is 2.52. The molecule has 130 valence electrons. The molecule has 0 spiro atoms. The van der Waals surface area contributed by atoms with Gasteiger partial charge in [0.25, 0.3) is 0 Å². The number of ether oxygens (including phenoxy) is 2. The smallest absolute Gasteiger partial charge is 0.310 e. The summed E-state index contributed by atoms with van der Waals surface area (Å²) in [5.74, 6) is 0.360. The fraction of sp³-hybridized carbons (Fsp3) is 0.300. The van der Waals surface area contributed by atoms with Crippen LogP contribution in [0.4, 0.5) is 0 Å². The number of nitrogens with zero attached hydrogens (tertiary/aromatic N) is 1. The third-order valence-electron chi connectivity index (χ3n) is 3.28. The Morgan fingerprint density at radius 2 is 1.92 bits per heavy atom. The van der Waals surface area contributed by atoms with E-state index in [-0.39, 0.29) is 12.4 Å². The lowest BCUT2D eigenvalue weighted by molar-refractivity contribution is -0.153. The SMILES string of the molecule is CC(C)(C)OC(=O)Cc1ccccc1OCc1ccc(C#N)c(Br)c1. The first-order chi connectivity index (χ1) is 11.8. The number of hydrogen-bond donors (Lipinski definition) is 0. The van der Waals surface area contributed by atoms with Gasteiger partial charge in [0.2, 0.25) is 0 Å². The minimum atomic E-state index is -0.512. The molecule has 2 aromatic carbocycles. The Balaban J connectivity index is 2.07. The molecule has 0 saturated heterocycles. The van der Waals surface area contributed by atoms with Gasteiger partial charge >= 0.3 is 5.97 Å². The Kier molecular flexibility index (Phi) is 6.22. The molecule has 0 saturated carbocycles. The standard InChI is InChI=1S/C20H20BrNO3/c1-20(2,3)25-19(23)11-15-6-4-5-7-18(15)24-13-14-8-9-16(12-22)17(21)10-14/h4-10H,11,13H2,1-3H3. The maximum Gasteiger partial charge on any atom is 0.310 e. The summed E-state index contributed by atoms with van der Waals surface area (Å²) < 4.78 is 12.0. The lowest BCUT2D eigenvalue weighted by atomic mass is 10.1. The molecule has 0 heterocycles. The summed E-state index contributed by atoms with van der Waals surface area (Å²) in [5.41, 5.74) is 1.78. The predicted octanol–water partition coefficient (Wildman–Crippen LogP) is 4.78. The van der Waals surface area contributed by atoms with Gasteiger partial charge in [-0.25, -0.2) is 0 Å². The van der Waals surface area contributed by atoms with Crippen molar-refractivity contribution < 1.29 is 14.3 Å². The van der Waals surface area contributed by atoms with Gasteiger partial charge < -0.3 is 9.47 Å². The second-order valence-corrected chi connectivity index (χ2v) is 7.44. The van der Waals surface area contributed by atoms with Gasteiger partial charge in [-0.1, -0.05) is 24.3 Å². The lowest BCUT2D eigenvalue weighted by Crippen LogP contribution is -2.25. The van der Waals surface area contributed by atoms with Crippen molar-refractivity contribution in [1.82, 2.24) is 0 Å². The van der Waals surface area contributed by atoms with E-state index >= 15 is 0 Å². The van der Waals surface area contributed by atoms with Gasteiger partial charge in [-0.3, -0.25) is 4.79 Å². The molecule has 0 radical (unpaired) electrons. The third-order valence-corrected chi connectivity index (χ3v) is 3.93. The van der Waals surface area contributed by atoms with Crippen LogP contribution >= 0.6 is 15.9 Å². The van der Waals surface area contributed by atoms with E-state index in [1.54, 1.807) is 6.07 Å². The molecule has 0 aliphatic rings. The maximum absolute atomic E-state index is 12.1. The van der Waals surface area contributed by atoms with Gasteiger partial charge in [-0.05, 0) is 60.5 Å². The van der Waals surface area contributed by atoms with E-state index in [2.05, 4.69) is 22.0 Å². The zero-order chi connectivity index (χ0) is 18.4. The van der Waals surface area contributed by atoms with Crippen LogP contribution in [0, 0.1) is 11.3 Å². The Hall–Kier alpha value is -2.32. The minimum absolute atomic E-state index is 0.157. The van der Waals surface area contributed by atoms with Crippen LogP contribution in [0.1, 0.15) is 37.5 Å². The summed E-state index contributed by atoms with van der Waals surface area (Å²) in [4.78, 5) is 12.1. The van der Waals surface area contributed by atoms with Gasteiger partial charge in [0.1, 0.15) is 24.0 Å². The van der Waals surface area contributed by atoms with Gasteiger partial charge in [0.15, 0.2) is 0 Å². The molecule has 2 aromatic rings. The normalized spacial score (nSPS) is 10.8. The first-order valence-electron chi connectivity index (χ1n) is 7.89. The highest BCUT2D eigenvalue weighted by Gasteiger charge is 2.18. The quantitative estimate of drug-likeness (QED) is 0.676. The number of halogens is 1. The Bertz CT molecular complexity index is 803. The molecular weight excluding hydrogens is 382 g/mol. The van der Waals surface area contributed by atoms with Crippen LogP contribution in [0.25, 0.3) is 0 Å². The molecule has 2 rings (SSSR count). The van der Waals surface area contributed by atoms with Gasteiger partial charge in [0.05, 0.1) is 12.0 Å². The van der Waals surface area contributed by atoms with Crippen molar-refractivity contribution in [1.29, 1.82) is 5.26 Å². The van der Waals surface area contributed by atoms with E-state index in [4.69, 9.17) is 14.7 Å². The summed E-state index contributed by atoms with van der Waals surface area (Å²) in [7, 11) is 0. The number of esters is 1. The summed E-state index contributed by atoms with van der Waals surface area (Å²) in [6.07, 6.45) is 0.157. The van der Waals surface area contributed by atoms with E-state index in [9.17, 15) is 4.79 Å². The summed E-state index contributed by atoms with van der Waals surface area (Å²) in [5, 5.41) is 8.96. The average molecular weight is 402 g/mol. The highest BCUT2D eigenvalue weighted by atomic mass is 79.9. The molecule has 0 amide bonds. The first-order valence-corrected chi connectivity index (χ1v) is 8.69. The Labute approximate surface area is 156 Å². The van der Waals surface area contributed by atoms with Crippen LogP contribution in [-0.4, -0.2) is 11.6 Å². The molecule has 25 heavy (non-hydrogen) atoms. The van der Waals surface area contributed by atoms with Crippen LogP contribution in [0.2, 0.25) is 0 Å². The van der Waals surface area contributed by atoms with Gasteiger partial charge in [-0.15, -0.1) is 0 Å². The minimum Gasteiger partial charge on any atom is -0.489 e. The summed E-state index contributed by atoms with van der Waals surface area (Å²) in [6, 6.07) is 15.0. The van der Waals surface area contributed by atoms with Crippen molar-refractivity contribution in [2.24, 2.45) is 0 Å². The van der Waals surface area contributed by atoms with Crippen molar-refractivity contribution in [3.8, 4) is 11.8 Å². The number of nitriles is 1. The van der Waals surface area contributed by atoms with Crippen molar-refractivity contribution >= 4 is 21.9 Å². The number of para-hydroxylation sites is 1. The fourth-order valence-corrected chi connectivity index (χ4v) is 2.74. The van der Waals surface area contributed by atoms with Gasteiger partial charge in [-0.2, -0.15) is 5.26 Å². The zero-order valence-electron chi connectivity index (χ0n) is 14.5. The molecule has 4 nitrogen and oxygen atoms in total. The molecule has 0 aromatic heterocycles. The molecule has 0 bridgehead atoms. The number of carbonyl (C=O) groups is 1. The maximum atomic E-state index is 12.1. The van der Waals surface area contributed by atoms with Crippen LogP contribution in [0.15, 0.2) is 46.9 Å². The molecule has 0 N–H and O–H groups in total. The second-order valence-electron chi connectivity index (χ2n) is 6.59. The molecule has 0 aliphatic carbocycles. The largest absolute Gasteiger partial charge is 0.489 e. The van der Waals surface area contributed by atoms with Crippen LogP contribution in [-0.2, 0) is 22.6 Å².